The van der Waals surface area contributed by atoms with Crippen molar-refractivity contribution in [1.29, 1.82) is 0 Å². The Morgan fingerprint density at radius 2 is 2.08 bits per heavy atom. The molecule has 0 fully saturated rings. The number of hydrogen-bond acceptors (Lipinski definition) is 5. The molecule has 0 saturated carbocycles. The number of thiazole rings is 1. The molecule has 130 valence electrons. The Labute approximate surface area is 162 Å². The summed E-state index contributed by atoms with van der Waals surface area (Å²) in [7, 11) is 0. The van der Waals surface area contributed by atoms with Gasteiger partial charge in [-0.3, -0.25) is 4.79 Å². The summed E-state index contributed by atoms with van der Waals surface area (Å²) in [6.45, 7) is 1.87. The van der Waals surface area contributed by atoms with Crippen molar-refractivity contribution in [2.75, 3.05) is 5.32 Å². The number of anilines is 1. The number of benzene rings is 1. The number of rotatable bonds is 4. The number of aromatic nitrogens is 3. The number of hydrogen-bond donors (Lipinski definition) is 1. The molecule has 1 amide bonds. The van der Waals surface area contributed by atoms with Crippen molar-refractivity contribution in [3.8, 4) is 15.7 Å². The Bertz CT molecular complexity index is 1070. The Morgan fingerprint density at radius 1 is 1.19 bits per heavy atom. The fourth-order valence-electron chi connectivity index (χ4n) is 2.45. The average molecular weight is 401 g/mol. The SMILES string of the molecule is Cc1cc(NC(=O)c2cccc(Cl)c2)n(-c2nc(-c3cccs3)cs2)n1. The van der Waals surface area contributed by atoms with Gasteiger partial charge in [0.25, 0.3) is 5.91 Å². The lowest BCUT2D eigenvalue weighted by Gasteiger charge is -2.06. The van der Waals surface area contributed by atoms with Crippen LogP contribution in [0.3, 0.4) is 0 Å². The minimum atomic E-state index is -0.247. The maximum absolute atomic E-state index is 12.5. The summed E-state index contributed by atoms with van der Waals surface area (Å²) in [5.41, 5.74) is 2.18. The molecular formula is C18H13ClN4OS2. The second kappa shape index (κ2) is 7.03. The lowest BCUT2D eigenvalue weighted by Crippen LogP contribution is -2.15. The molecule has 0 saturated heterocycles. The van der Waals surface area contributed by atoms with Gasteiger partial charge in [-0.2, -0.15) is 9.78 Å². The van der Waals surface area contributed by atoms with E-state index in [1.54, 1.807) is 40.3 Å². The zero-order chi connectivity index (χ0) is 18.1. The second-order valence-electron chi connectivity index (χ2n) is 5.54. The minimum absolute atomic E-state index is 0.247. The Balaban J connectivity index is 1.64. The monoisotopic (exact) mass is 400 g/mol. The van der Waals surface area contributed by atoms with Crippen molar-refractivity contribution >= 4 is 46.0 Å². The van der Waals surface area contributed by atoms with E-state index < -0.39 is 0 Å². The summed E-state index contributed by atoms with van der Waals surface area (Å²) >= 11 is 9.08. The maximum atomic E-state index is 12.5. The van der Waals surface area contributed by atoms with Crippen molar-refractivity contribution in [3.63, 3.8) is 0 Å². The minimum Gasteiger partial charge on any atom is -0.306 e. The topological polar surface area (TPSA) is 59.8 Å². The number of nitrogens with zero attached hydrogens (tertiary/aromatic N) is 3. The molecule has 4 rings (SSSR count). The molecule has 0 aliphatic heterocycles. The van der Waals surface area contributed by atoms with Crippen LogP contribution in [0.1, 0.15) is 16.1 Å². The van der Waals surface area contributed by atoms with Crippen molar-refractivity contribution < 1.29 is 4.79 Å². The van der Waals surface area contributed by atoms with Crippen LogP contribution < -0.4 is 5.32 Å². The van der Waals surface area contributed by atoms with Crippen molar-refractivity contribution in [2.24, 2.45) is 0 Å². The fourth-order valence-corrected chi connectivity index (χ4v) is 4.19. The third kappa shape index (κ3) is 3.41. The van der Waals surface area contributed by atoms with Crippen LogP contribution in [-0.2, 0) is 0 Å². The number of carbonyl (C=O) groups excluding carboxylic acids is 1. The normalized spacial score (nSPS) is 10.8. The predicted molar refractivity (Wildman–Crippen MR) is 107 cm³/mol. The highest BCUT2D eigenvalue weighted by molar-refractivity contribution is 7.15. The zero-order valence-electron chi connectivity index (χ0n) is 13.6. The van der Waals surface area contributed by atoms with Crippen LogP contribution in [0.5, 0.6) is 0 Å². The summed E-state index contributed by atoms with van der Waals surface area (Å²) < 4.78 is 1.65. The van der Waals surface area contributed by atoms with E-state index in [9.17, 15) is 4.79 Å². The van der Waals surface area contributed by atoms with Gasteiger partial charge in [-0.15, -0.1) is 22.7 Å². The van der Waals surface area contributed by atoms with E-state index >= 15 is 0 Å². The van der Waals surface area contributed by atoms with Gasteiger partial charge in [0.2, 0.25) is 5.13 Å². The molecule has 1 N–H and O–H groups in total. The standard InChI is InChI=1S/C18H13ClN4OS2/c1-11-8-16(21-17(24)12-4-2-5-13(19)9-12)23(22-11)18-20-14(10-26-18)15-6-3-7-25-15/h2-10H,1H3,(H,21,24). The van der Waals surface area contributed by atoms with Crippen molar-refractivity contribution in [3.05, 3.63) is 69.5 Å². The fraction of sp³-hybridized carbons (Fsp3) is 0.0556. The van der Waals surface area contributed by atoms with Crippen LogP contribution >= 0.6 is 34.3 Å². The molecule has 4 aromatic rings. The van der Waals surface area contributed by atoms with Gasteiger partial charge in [-0.1, -0.05) is 23.7 Å². The molecule has 3 heterocycles. The van der Waals surface area contributed by atoms with Crippen LogP contribution in [0.2, 0.25) is 5.02 Å². The highest BCUT2D eigenvalue weighted by Gasteiger charge is 2.15. The number of amides is 1. The molecule has 0 atom stereocenters. The van der Waals surface area contributed by atoms with E-state index in [2.05, 4.69) is 15.4 Å². The molecule has 3 aromatic heterocycles. The second-order valence-corrected chi connectivity index (χ2v) is 7.76. The molecule has 5 nitrogen and oxygen atoms in total. The Morgan fingerprint density at radius 3 is 2.85 bits per heavy atom. The van der Waals surface area contributed by atoms with E-state index in [1.807, 2.05) is 35.9 Å². The van der Waals surface area contributed by atoms with E-state index in [0.717, 1.165) is 16.3 Å². The Hall–Kier alpha value is -2.48. The van der Waals surface area contributed by atoms with Crippen LogP contribution in [0, 0.1) is 6.92 Å². The number of carbonyl (C=O) groups is 1. The first-order chi connectivity index (χ1) is 12.6. The number of aryl methyl sites for hydroxylation is 1. The molecule has 0 spiro atoms. The first-order valence-electron chi connectivity index (χ1n) is 7.73. The van der Waals surface area contributed by atoms with Crippen molar-refractivity contribution in [1.82, 2.24) is 14.8 Å². The number of thiophene rings is 1. The van der Waals surface area contributed by atoms with Crippen LogP contribution in [0.25, 0.3) is 15.7 Å². The van der Waals surface area contributed by atoms with Gasteiger partial charge in [0.1, 0.15) is 5.82 Å². The van der Waals surface area contributed by atoms with Gasteiger partial charge in [0.15, 0.2) is 0 Å². The maximum Gasteiger partial charge on any atom is 0.256 e. The molecule has 0 bridgehead atoms. The lowest BCUT2D eigenvalue weighted by atomic mass is 10.2. The van der Waals surface area contributed by atoms with Gasteiger partial charge in [-0.25, -0.2) is 4.98 Å². The summed E-state index contributed by atoms with van der Waals surface area (Å²) in [5, 5.41) is 12.6. The highest BCUT2D eigenvalue weighted by atomic mass is 35.5. The van der Waals surface area contributed by atoms with Gasteiger partial charge < -0.3 is 5.32 Å². The first kappa shape index (κ1) is 17.0. The van der Waals surface area contributed by atoms with E-state index in [1.165, 1.54) is 11.3 Å². The number of halogens is 1. The van der Waals surface area contributed by atoms with Gasteiger partial charge >= 0.3 is 0 Å². The van der Waals surface area contributed by atoms with E-state index in [0.29, 0.717) is 21.5 Å². The quantitative estimate of drug-likeness (QED) is 0.507. The molecule has 0 unspecified atom stereocenters. The lowest BCUT2D eigenvalue weighted by molar-refractivity contribution is 0.102. The Kier molecular flexibility index (Phi) is 4.58. The van der Waals surface area contributed by atoms with Gasteiger partial charge in [-0.05, 0) is 36.6 Å². The van der Waals surface area contributed by atoms with Gasteiger partial charge in [0, 0.05) is 22.0 Å². The van der Waals surface area contributed by atoms with E-state index in [-0.39, 0.29) is 5.91 Å². The zero-order valence-corrected chi connectivity index (χ0v) is 16.0. The summed E-state index contributed by atoms with van der Waals surface area (Å²) in [5.74, 6) is 0.322. The van der Waals surface area contributed by atoms with Crippen molar-refractivity contribution in [2.45, 2.75) is 6.92 Å². The predicted octanol–water partition coefficient (Wildman–Crippen LogP) is 5.27. The first-order valence-corrected chi connectivity index (χ1v) is 9.87. The van der Waals surface area contributed by atoms with Gasteiger partial charge in [0.05, 0.1) is 16.3 Å². The third-order valence-corrected chi connectivity index (χ3v) is 5.55. The molecule has 0 aliphatic carbocycles. The smallest absolute Gasteiger partial charge is 0.256 e. The largest absolute Gasteiger partial charge is 0.306 e. The van der Waals surface area contributed by atoms with Crippen LogP contribution in [-0.4, -0.2) is 20.7 Å². The summed E-state index contributed by atoms with van der Waals surface area (Å²) in [6.07, 6.45) is 0. The highest BCUT2D eigenvalue weighted by Crippen LogP contribution is 2.29. The van der Waals surface area contributed by atoms with E-state index in [4.69, 9.17) is 11.6 Å². The molecular weight excluding hydrogens is 388 g/mol. The summed E-state index contributed by atoms with van der Waals surface area (Å²) in [4.78, 5) is 18.3. The molecule has 1 aromatic carbocycles. The van der Waals surface area contributed by atoms with Crippen LogP contribution in [0.15, 0.2) is 53.2 Å². The summed E-state index contributed by atoms with van der Waals surface area (Å²) in [6, 6.07) is 12.7. The molecule has 0 radical (unpaired) electrons. The molecule has 26 heavy (non-hydrogen) atoms. The number of nitrogens with one attached hydrogen (secondary N) is 1. The third-order valence-electron chi connectivity index (χ3n) is 3.61. The average Bonchev–Trinajstić information content (AvgIpc) is 3.34. The molecule has 0 aliphatic rings. The van der Waals surface area contributed by atoms with Crippen LogP contribution in [0.4, 0.5) is 5.82 Å². The molecule has 8 heteroatoms.